The third kappa shape index (κ3) is 4.41. The number of amides is 2. The highest BCUT2D eigenvalue weighted by Gasteiger charge is 2.40. The Morgan fingerprint density at radius 2 is 1.87 bits per heavy atom. The second kappa shape index (κ2) is 8.38. The Morgan fingerprint density at radius 1 is 1.16 bits per heavy atom. The van der Waals surface area contributed by atoms with E-state index in [2.05, 4.69) is 4.72 Å². The number of aliphatic hydroxyl groups excluding tert-OH is 1. The van der Waals surface area contributed by atoms with Crippen LogP contribution in [0.3, 0.4) is 0 Å². The molecule has 0 aromatic heterocycles. The largest absolute Gasteiger partial charge is 0.391 e. The maximum absolute atomic E-state index is 12.9. The highest BCUT2D eigenvalue weighted by Crippen LogP contribution is 2.24. The van der Waals surface area contributed by atoms with Crippen LogP contribution in [-0.2, 0) is 19.6 Å². The summed E-state index contributed by atoms with van der Waals surface area (Å²) in [5.74, 6) is -0.654. The molecule has 0 radical (unpaired) electrons. The van der Waals surface area contributed by atoms with Crippen LogP contribution in [0, 0.1) is 0 Å². The van der Waals surface area contributed by atoms with Gasteiger partial charge in [-0.25, -0.2) is 8.42 Å². The number of rotatable bonds is 5. The third-order valence-corrected chi connectivity index (χ3v) is 7.63. The van der Waals surface area contributed by atoms with E-state index >= 15 is 0 Å². The summed E-state index contributed by atoms with van der Waals surface area (Å²) in [6.07, 6.45) is 0.261. The number of hydrogen-bond donors (Lipinski definition) is 2. The molecule has 2 unspecified atom stereocenters. The molecule has 8 nitrogen and oxygen atoms in total. The van der Waals surface area contributed by atoms with Gasteiger partial charge in [-0.2, -0.15) is 4.72 Å². The molecule has 2 aromatic rings. The van der Waals surface area contributed by atoms with Gasteiger partial charge in [0.1, 0.15) is 12.1 Å². The number of carbonyl (C=O) groups excluding carboxylic acids is 2. The topological polar surface area (TPSA) is 107 Å². The lowest BCUT2D eigenvalue weighted by molar-refractivity contribution is -0.142. The number of likely N-dealkylation sites (tertiary alicyclic amines) is 2. The van der Waals surface area contributed by atoms with E-state index in [1.165, 1.54) is 17.0 Å². The molecular weight excluding hydrogens is 442 g/mol. The van der Waals surface area contributed by atoms with Gasteiger partial charge in [0.15, 0.2) is 0 Å². The van der Waals surface area contributed by atoms with Gasteiger partial charge in [-0.05, 0) is 54.8 Å². The predicted molar refractivity (Wildman–Crippen MR) is 116 cm³/mol. The zero-order valence-electron chi connectivity index (χ0n) is 17.0. The molecule has 2 fully saturated rings. The number of aliphatic hydroxyl groups is 1. The van der Waals surface area contributed by atoms with Crippen molar-refractivity contribution < 1.29 is 23.1 Å². The van der Waals surface area contributed by atoms with Gasteiger partial charge in [-0.1, -0.05) is 23.7 Å². The minimum Gasteiger partial charge on any atom is -0.391 e. The van der Waals surface area contributed by atoms with E-state index in [0.717, 1.165) is 10.8 Å². The average Bonchev–Trinajstić information content (AvgIpc) is 3.32. The molecule has 4 rings (SSSR count). The van der Waals surface area contributed by atoms with Crippen LogP contribution in [0.15, 0.2) is 41.3 Å². The zero-order valence-corrected chi connectivity index (χ0v) is 18.6. The van der Waals surface area contributed by atoms with Crippen molar-refractivity contribution in [2.75, 3.05) is 19.6 Å². The molecule has 166 valence electrons. The first-order valence-electron chi connectivity index (χ1n) is 10.1. The van der Waals surface area contributed by atoms with Crippen molar-refractivity contribution >= 4 is 44.2 Å². The van der Waals surface area contributed by atoms with Crippen LogP contribution in [-0.4, -0.2) is 73.0 Å². The van der Waals surface area contributed by atoms with Crippen LogP contribution in [0.2, 0.25) is 5.02 Å². The number of nitrogens with zero attached hydrogens (tertiary/aromatic N) is 2. The van der Waals surface area contributed by atoms with Crippen LogP contribution in [0.4, 0.5) is 0 Å². The molecule has 2 N–H and O–H groups in total. The van der Waals surface area contributed by atoms with Crippen LogP contribution < -0.4 is 4.72 Å². The second-order valence-corrected chi connectivity index (χ2v) is 10.2. The number of hydrogen-bond acceptors (Lipinski definition) is 5. The van der Waals surface area contributed by atoms with Crippen molar-refractivity contribution in [2.24, 2.45) is 0 Å². The molecule has 0 bridgehead atoms. The van der Waals surface area contributed by atoms with Gasteiger partial charge in [0.05, 0.1) is 11.0 Å². The minimum atomic E-state index is -3.93. The Balaban J connectivity index is 1.46. The summed E-state index contributed by atoms with van der Waals surface area (Å²) in [6.45, 7) is 2.63. The van der Waals surface area contributed by atoms with E-state index in [1.54, 1.807) is 36.1 Å². The Bertz CT molecular complexity index is 1140. The lowest BCUT2D eigenvalue weighted by atomic mass is 10.1. The van der Waals surface area contributed by atoms with E-state index < -0.39 is 34.1 Å². The van der Waals surface area contributed by atoms with Gasteiger partial charge in [0.25, 0.3) is 0 Å². The quantitative estimate of drug-likeness (QED) is 0.693. The molecule has 31 heavy (non-hydrogen) atoms. The van der Waals surface area contributed by atoms with Crippen LogP contribution in [0.25, 0.3) is 10.8 Å². The van der Waals surface area contributed by atoms with Crippen LogP contribution >= 0.6 is 11.6 Å². The molecule has 3 atom stereocenters. The number of fused-ring (bicyclic) bond motifs is 1. The minimum absolute atomic E-state index is 0.0590. The Hall–Kier alpha value is -2.20. The van der Waals surface area contributed by atoms with E-state index in [4.69, 9.17) is 11.6 Å². The number of benzene rings is 2. The smallest absolute Gasteiger partial charge is 0.245 e. The van der Waals surface area contributed by atoms with Crippen molar-refractivity contribution in [1.82, 2.24) is 14.5 Å². The normalized spacial score (nSPS) is 23.0. The van der Waals surface area contributed by atoms with Crippen LogP contribution in [0.1, 0.15) is 19.8 Å². The summed E-state index contributed by atoms with van der Waals surface area (Å²) in [5.41, 5.74) is 0. The molecule has 2 aliphatic rings. The molecule has 0 spiro atoms. The average molecular weight is 466 g/mol. The summed E-state index contributed by atoms with van der Waals surface area (Å²) < 4.78 is 28.3. The van der Waals surface area contributed by atoms with Gasteiger partial charge in [-0.15, -0.1) is 0 Å². The maximum atomic E-state index is 12.9. The molecule has 10 heteroatoms. The standard InChI is InChI=1S/C21H24ClN3O5S/c1-13(20(27)24-8-6-17(26)12-24)25-9-7-19(21(25)28)23-31(29,30)18-5-3-14-10-16(22)4-2-15(14)11-18/h2-5,10-11,13,17,19,23,26H,6-9,12H2,1H3/t13-,17?,19?/m0/s1. The van der Waals surface area contributed by atoms with E-state index in [1.807, 2.05) is 0 Å². The predicted octanol–water partition coefficient (Wildman–Crippen LogP) is 1.35. The van der Waals surface area contributed by atoms with Gasteiger partial charge >= 0.3 is 0 Å². The highest BCUT2D eigenvalue weighted by atomic mass is 35.5. The zero-order chi connectivity index (χ0) is 22.3. The number of β-amino-alcohol motifs (C(OH)–C–C–N with tert-alkyl or cyclic N) is 1. The Kier molecular flexibility index (Phi) is 5.95. The lowest BCUT2D eigenvalue weighted by Crippen LogP contribution is -2.50. The highest BCUT2D eigenvalue weighted by molar-refractivity contribution is 7.89. The van der Waals surface area contributed by atoms with Gasteiger partial charge < -0.3 is 14.9 Å². The summed E-state index contributed by atoms with van der Waals surface area (Å²) in [7, 11) is -3.93. The fourth-order valence-electron chi connectivity index (χ4n) is 4.15. The first-order valence-corrected chi connectivity index (χ1v) is 12.0. The number of carbonyl (C=O) groups is 2. The molecule has 2 saturated heterocycles. The van der Waals surface area contributed by atoms with Crippen molar-refractivity contribution in [3.8, 4) is 0 Å². The fraction of sp³-hybridized carbons (Fsp3) is 0.429. The molecule has 2 aromatic carbocycles. The number of nitrogens with one attached hydrogen (secondary N) is 1. The number of halogens is 1. The van der Waals surface area contributed by atoms with Crippen LogP contribution in [0.5, 0.6) is 0 Å². The second-order valence-electron chi connectivity index (χ2n) is 8.05. The molecule has 0 saturated carbocycles. The lowest BCUT2D eigenvalue weighted by Gasteiger charge is -2.28. The van der Waals surface area contributed by atoms with Gasteiger partial charge in [0, 0.05) is 24.7 Å². The van der Waals surface area contributed by atoms with Crippen molar-refractivity contribution in [3.63, 3.8) is 0 Å². The summed E-state index contributed by atoms with van der Waals surface area (Å²) in [6, 6.07) is 8.22. The van der Waals surface area contributed by atoms with E-state index in [-0.39, 0.29) is 30.3 Å². The van der Waals surface area contributed by atoms with E-state index in [9.17, 15) is 23.1 Å². The summed E-state index contributed by atoms with van der Waals surface area (Å²) in [5, 5.41) is 11.7. The van der Waals surface area contributed by atoms with Crippen molar-refractivity contribution in [2.45, 2.75) is 42.8 Å². The molecule has 2 heterocycles. The van der Waals surface area contributed by atoms with Crippen molar-refractivity contribution in [3.05, 3.63) is 41.4 Å². The fourth-order valence-corrected chi connectivity index (χ4v) is 5.59. The SMILES string of the molecule is C[C@@H](C(=O)N1CCC(O)C1)N1CCC(NS(=O)(=O)c2ccc3cc(Cl)ccc3c2)C1=O. The molecular formula is C21H24ClN3O5S. The Labute approximate surface area is 185 Å². The van der Waals surface area contributed by atoms with E-state index in [0.29, 0.717) is 18.0 Å². The molecule has 2 amide bonds. The van der Waals surface area contributed by atoms with Gasteiger partial charge in [-0.3, -0.25) is 9.59 Å². The third-order valence-electron chi connectivity index (χ3n) is 5.92. The van der Waals surface area contributed by atoms with Gasteiger partial charge in [0.2, 0.25) is 21.8 Å². The Morgan fingerprint density at radius 3 is 2.58 bits per heavy atom. The number of sulfonamides is 1. The molecule has 0 aliphatic carbocycles. The summed E-state index contributed by atoms with van der Waals surface area (Å²) in [4.78, 5) is 28.5. The van der Waals surface area contributed by atoms with Crippen molar-refractivity contribution in [1.29, 1.82) is 0 Å². The maximum Gasteiger partial charge on any atom is 0.245 e. The summed E-state index contributed by atoms with van der Waals surface area (Å²) >= 11 is 5.98. The monoisotopic (exact) mass is 465 g/mol. The molecule has 2 aliphatic heterocycles. The first kappa shape index (κ1) is 22.0. The first-order chi connectivity index (χ1) is 14.7.